The number of benzene rings is 4. The van der Waals surface area contributed by atoms with Crippen molar-refractivity contribution in [1.82, 2.24) is 4.98 Å². The monoisotopic (exact) mass is 633 g/mol. The van der Waals surface area contributed by atoms with Gasteiger partial charge in [-0.05, 0) is 73.0 Å². The first-order chi connectivity index (χ1) is 21.7. The maximum absolute atomic E-state index is 15.2. The van der Waals surface area contributed by atoms with Gasteiger partial charge in [-0.15, -0.1) is 0 Å². The van der Waals surface area contributed by atoms with Gasteiger partial charge < -0.3 is 14.1 Å². The van der Waals surface area contributed by atoms with E-state index in [-0.39, 0.29) is 28.6 Å². The number of anilines is 2. The summed E-state index contributed by atoms with van der Waals surface area (Å²) in [6.45, 7) is 3.95. The Morgan fingerprint density at radius 3 is 2.51 bits per heavy atom. The second-order valence-corrected chi connectivity index (χ2v) is 12.7. The Morgan fingerprint density at radius 2 is 1.71 bits per heavy atom. The molecule has 1 unspecified atom stereocenters. The molecule has 6 aromatic rings. The number of carbonyl (C=O) groups excluding carboxylic acids is 2. The highest BCUT2D eigenvalue weighted by Gasteiger charge is 2.66. The SMILES string of the molecule is COc1ccc2nc(N3C(=O)c4oc5cc(C)c(C)cc5c(=O)c4C34C(=O)N(Cc3ccccc3Cl)c3ccccc34)sc2c1. The summed E-state index contributed by atoms with van der Waals surface area (Å²) in [5, 5.41) is 1.06. The minimum atomic E-state index is -1.87. The molecule has 8 rings (SSSR count). The number of hydrogen-bond acceptors (Lipinski definition) is 7. The predicted octanol–water partition coefficient (Wildman–Crippen LogP) is 7.13. The van der Waals surface area contributed by atoms with Crippen LogP contribution in [0.1, 0.15) is 38.4 Å². The zero-order valence-electron chi connectivity index (χ0n) is 24.4. The molecule has 4 heterocycles. The molecule has 2 aliphatic rings. The van der Waals surface area contributed by atoms with Crippen LogP contribution in [-0.2, 0) is 16.9 Å². The minimum Gasteiger partial charge on any atom is -0.497 e. The number of para-hydroxylation sites is 1. The van der Waals surface area contributed by atoms with E-state index in [4.69, 9.17) is 25.7 Å². The number of hydrogen-bond donors (Lipinski definition) is 0. The summed E-state index contributed by atoms with van der Waals surface area (Å²) in [7, 11) is 1.58. The Morgan fingerprint density at radius 1 is 0.956 bits per heavy atom. The highest BCUT2D eigenvalue weighted by molar-refractivity contribution is 7.22. The average molecular weight is 634 g/mol. The van der Waals surface area contributed by atoms with Gasteiger partial charge in [0.15, 0.2) is 16.1 Å². The van der Waals surface area contributed by atoms with E-state index in [0.717, 1.165) is 21.4 Å². The standard InChI is InChI=1S/C35H24ClN3O5S/c1-18-14-22-27(15-19(18)2)44-31-29(30(22)40)35(39(32(31)41)34-37-25-13-12-21(43-3)16-28(25)45-34)23-9-5-7-11-26(23)38(33(35)42)17-20-8-4-6-10-24(20)36/h4-16H,17H2,1-3H3. The molecule has 1 spiro atoms. The van der Waals surface area contributed by atoms with E-state index in [1.807, 2.05) is 50.2 Å². The van der Waals surface area contributed by atoms with Crippen molar-refractivity contribution in [1.29, 1.82) is 0 Å². The summed E-state index contributed by atoms with van der Waals surface area (Å²) in [5.74, 6) is -0.625. The van der Waals surface area contributed by atoms with Crippen LogP contribution < -0.4 is 20.0 Å². The van der Waals surface area contributed by atoms with Gasteiger partial charge in [-0.1, -0.05) is 59.3 Å². The molecule has 8 nitrogen and oxygen atoms in total. The third-order valence-corrected chi connectivity index (χ3v) is 10.2. The van der Waals surface area contributed by atoms with Gasteiger partial charge in [0.25, 0.3) is 11.8 Å². The number of aromatic nitrogens is 1. The molecule has 2 aliphatic heterocycles. The molecular formula is C35H24ClN3O5S. The highest BCUT2D eigenvalue weighted by atomic mass is 35.5. The lowest BCUT2D eigenvalue weighted by molar-refractivity contribution is -0.121. The molecule has 10 heteroatoms. The Balaban J connectivity index is 1.46. The van der Waals surface area contributed by atoms with Gasteiger partial charge >= 0.3 is 0 Å². The molecule has 45 heavy (non-hydrogen) atoms. The third kappa shape index (κ3) is 3.71. The summed E-state index contributed by atoms with van der Waals surface area (Å²) >= 11 is 7.80. The number of halogens is 1. The van der Waals surface area contributed by atoms with Crippen LogP contribution in [0, 0.1) is 13.8 Å². The second-order valence-electron chi connectivity index (χ2n) is 11.2. The van der Waals surface area contributed by atoms with Crippen molar-refractivity contribution in [3.8, 4) is 5.75 Å². The molecule has 2 aromatic heterocycles. The molecule has 2 amide bonds. The maximum Gasteiger partial charge on any atom is 0.297 e. The number of thiazole rings is 1. The van der Waals surface area contributed by atoms with Gasteiger partial charge in [0, 0.05) is 10.6 Å². The van der Waals surface area contributed by atoms with Crippen LogP contribution in [0.3, 0.4) is 0 Å². The zero-order chi connectivity index (χ0) is 31.2. The Hall–Kier alpha value is -4.99. The molecule has 0 bridgehead atoms. The van der Waals surface area contributed by atoms with Gasteiger partial charge in [0.1, 0.15) is 11.3 Å². The van der Waals surface area contributed by atoms with Crippen molar-refractivity contribution < 1.29 is 18.7 Å². The van der Waals surface area contributed by atoms with Crippen molar-refractivity contribution in [2.75, 3.05) is 16.9 Å². The Labute approximate surface area is 266 Å². The summed E-state index contributed by atoms with van der Waals surface area (Å²) < 4.78 is 12.5. The molecule has 1 atom stereocenters. The zero-order valence-corrected chi connectivity index (χ0v) is 26.0. The number of carbonyl (C=O) groups is 2. The lowest BCUT2D eigenvalue weighted by atomic mass is 9.84. The smallest absolute Gasteiger partial charge is 0.297 e. The summed E-state index contributed by atoms with van der Waals surface area (Å²) in [6.07, 6.45) is 0. The van der Waals surface area contributed by atoms with E-state index in [0.29, 0.717) is 32.9 Å². The van der Waals surface area contributed by atoms with Crippen LogP contribution in [0.25, 0.3) is 21.2 Å². The van der Waals surface area contributed by atoms with E-state index >= 15 is 4.79 Å². The Kier molecular flexibility index (Phi) is 5.97. The summed E-state index contributed by atoms with van der Waals surface area (Å²) in [6, 6.07) is 23.4. The molecule has 0 saturated carbocycles. The average Bonchev–Trinajstić information content (AvgIpc) is 3.64. The van der Waals surface area contributed by atoms with Crippen LogP contribution in [0.2, 0.25) is 5.02 Å². The molecule has 0 aliphatic carbocycles. The number of fused-ring (bicyclic) bond motifs is 6. The number of aryl methyl sites for hydroxylation is 2. The normalized spacial score (nSPS) is 17.2. The first kappa shape index (κ1) is 27.6. The molecule has 0 N–H and O–H groups in total. The highest BCUT2D eigenvalue weighted by Crippen LogP contribution is 2.55. The summed E-state index contributed by atoms with van der Waals surface area (Å²) in [5.41, 5.74) is 2.17. The van der Waals surface area contributed by atoms with Crippen molar-refractivity contribution in [2.45, 2.75) is 25.9 Å². The molecule has 4 aromatic carbocycles. The Bertz CT molecular complexity index is 2330. The van der Waals surface area contributed by atoms with Crippen molar-refractivity contribution in [3.63, 3.8) is 0 Å². The van der Waals surface area contributed by atoms with Crippen LogP contribution in [0.5, 0.6) is 5.75 Å². The summed E-state index contributed by atoms with van der Waals surface area (Å²) in [4.78, 5) is 52.2. The fourth-order valence-corrected chi connectivity index (χ4v) is 7.73. The molecule has 0 saturated heterocycles. The lowest BCUT2D eigenvalue weighted by Crippen LogP contribution is -2.53. The molecule has 222 valence electrons. The lowest BCUT2D eigenvalue weighted by Gasteiger charge is -2.32. The number of methoxy groups -OCH3 is 1. The number of nitrogens with zero attached hydrogens (tertiary/aromatic N) is 3. The minimum absolute atomic E-state index is 0.0146. The van der Waals surface area contributed by atoms with Crippen LogP contribution >= 0.6 is 22.9 Å². The van der Waals surface area contributed by atoms with Crippen molar-refractivity contribution in [3.05, 3.63) is 128 Å². The quantitative estimate of drug-likeness (QED) is 0.205. The second kappa shape index (κ2) is 9.76. The maximum atomic E-state index is 15.2. The molecule has 0 fully saturated rings. The first-order valence-corrected chi connectivity index (χ1v) is 15.5. The van der Waals surface area contributed by atoms with E-state index in [1.165, 1.54) is 16.2 Å². The van der Waals surface area contributed by atoms with E-state index in [2.05, 4.69) is 0 Å². The van der Waals surface area contributed by atoms with Crippen molar-refractivity contribution in [2.24, 2.45) is 0 Å². The van der Waals surface area contributed by atoms with E-state index in [1.54, 1.807) is 54.5 Å². The van der Waals surface area contributed by atoms with Gasteiger partial charge in [-0.25, -0.2) is 4.98 Å². The van der Waals surface area contributed by atoms with E-state index < -0.39 is 22.8 Å². The van der Waals surface area contributed by atoms with Crippen LogP contribution in [0.15, 0.2) is 88.1 Å². The fourth-order valence-electron chi connectivity index (χ4n) is 6.49. The van der Waals surface area contributed by atoms with Crippen LogP contribution in [-0.4, -0.2) is 23.9 Å². The van der Waals surface area contributed by atoms with Gasteiger partial charge in [-0.3, -0.25) is 19.3 Å². The number of rotatable bonds is 4. The predicted molar refractivity (Wildman–Crippen MR) is 175 cm³/mol. The third-order valence-electron chi connectivity index (χ3n) is 8.80. The van der Waals surface area contributed by atoms with Gasteiger partial charge in [0.2, 0.25) is 5.76 Å². The number of ether oxygens (including phenoxy) is 1. The topological polar surface area (TPSA) is 93.0 Å². The van der Waals surface area contributed by atoms with Crippen molar-refractivity contribution >= 4 is 66.8 Å². The van der Waals surface area contributed by atoms with E-state index in [9.17, 15) is 9.59 Å². The molecular weight excluding hydrogens is 610 g/mol. The van der Waals surface area contributed by atoms with Gasteiger partial charge in [0.05, 0.1) is 40.5 Å². The van der Waals surface area contributed by atoms with Crippen LogP contribution in [0.4, 0.5) is 10.8 Å². The largest absolute Gasteiger partial charge is 0.497 e. The number of amides is 2. The van der Waals surface area contributed by atoms with Gasteiger partial charge in [-0.2, -0.15) is 0 Å². The first-order valence-electron chi connectivity index (χ1n) is 14.3. The fraction of sp³-hybridized carbons (Fsp3) is 0.143. The molecule has 0 radical (unpaired) electrons.